The Morgan fingerprint density at radius 2 is 1.82 bits per heavy atom. The molecule has 3 nitrogen and oxygen atoms in total. The molecule has 0 aromatic carbocycles. The Morgan fingerprint density at radius 3 is 2.59 bits per heavy atom. The third kappa shape index (κ3) is 1.78. The summed E-state index contributed by atoms with van der Waals surface area (Å²) in [5, 5.41) is 21.5. The highest BCUT2D eigenvalue weighted by Gasteiger charge is 2.63. The molecule has 0 unspecified atom stereocenters. The van der Waals surface area contributed by atoms with Crippen LogP contribution in [0.3, 0.4) is 0 Å². The molecule has 0 aromatic rings. The lowest BCUT2D eigenvalue weighted by atomic mass is 9.44. The van der Waals surface area contributed by atoms with Gasteiger partial charge >= 0.3 is 0 Å². The van der Waals surface area contributed by atoms with Gasteiger partial charge in [-0.1, -0.05) is 13.8 Å². The Labute approximate surface area is 133 Å². The molecule has 0 saturated heterocycles. The SMILES string of the molecule is C[C@]12CC[C@H](O)[C@@H]1[C@@H]1CC[C@H]3C(=O)CCC[C@]3(C)[C@@H]1C[C@H]2O. The molecule has 4 fully saturated rings. The van der Waals surface area contributed by atoms with Gasteiger partial charge in [-0.2, -0.15) is 0 Å². The quantitative estimate of drug-likeness (QED) is 0.723. The normalized spacial score (nSPS) is 57.9. The average molecular weight is 306 g/mol. The maximum atomic E-state index is 12.4. The van der Waals surface area contributed by atoms with E-state index < -0.39 is 0 Å². The van der Waals surface area contributed by atoms with Crippen molar-refractivity contribution in [3.63, 3.8) is 0 Å². The van der Waals surface area contributed by atoms with Gasteiger partial charge < -0.3 is 10.2 Å². The average Bonchev–Trinajstić information content (AvgIpc) is 2.78. The topological polar surface area (TPSA) is 57.5 Å². The van der Waals surface area contributed by atoms with Gasteiger partial charge in [-0.25, -0.2) is 0 Å². The van der Waals surface area contributed by atoms with Crippen LogP contribution in [0.25, 0.3) is 0 Å². The van der Waals surface area contributed by atoms with E-state index in [2.05, 4.69) is 13.8 Å². The number of fused-ring (bicyclic) bond motifs is 5. The van der Waals surface area contributed by atoms with Crippen molar-refractivity contribution in [1.82, 2.24) is 0 Å². The van der Waals surface area contributed by atoms with E-state index in [4.69, 9.17) is 0 Å². The fraction of sp³-hybridized carbons (Fsp3) is 0.947. The maximum Gasteiger partial charge on any atom is 0.136 e. The minimum absolute atomic E-state index is 0.0584. The summed E-state index contributed by atoms with van der Waals surface area (Å²) in [5.74, 6) is 1.81. The van der Waals surface area contributed by atoms with Gasteiger partial charge in [-0.3, -0.25) is 4.79 Å². The number of rotatable bonds is 0. The van der Waals surface area contributed by atoms with Crippen molar-refractivity contribution in [2.75, 3.05) is 0 Å². The summed E-state index contributed by atoms with van der Waals surface area (Å²) >= 11 is 0. The van der Waals surface area contributed by atoms with E-state index in [1.807, 2.05) is 0 Å². The zero-order chi connectivity index (χ0) is 15.7. The van der Waals surface area contributed by atoms with Gasteiger partial charge in [-0.05, 0) is 73.5 Å². The molecule has 0 radical (unpaired) electrons. The molecule has 0 aromatic heterocycles. The molecule has 0 spiro atoms. The van der Waals surface area contributed by atoms with Crippen LogP contribution >= 0.6 is 0 Å². The van der Waals surface area contributed by atoms with Crippen molar-refractivity contribution in [2.45, 2.75) is 77.4 Å². The van der Waals surface area contributed by atoms with Gasteiger partial charge in [0.05, 0.1) is 12.2 Å². The number of hydrogen-bond donors (Lipinski definition) is 2. The summed E-state index contributed by atoms with van der Waals surface area (Å²) in [6, 6.07) is 0. The van der Waals surface area contributed by atoms with Crippen LogP contribution in [0.5, 0.6) is 0 Å². The van der Waals surface area contributed by atoms with Crippen LogP contribution in [0.15, 0.2) is 0 Å². The molecule has 4 aliphatic carbocycles. The highest BCUT2D eigenvalue weighted by molar-refractivity contribution is 5.82. The van der Waals surface area contributed by atoms with Gasteiger partial charge in [0, 0.05) is 12.3 Å². The summed E-state index contributed by atoms with van der Waals surface area (Å²) < 4.78 is 0. The first-order valence-electron chi connectivity index (χ1n) is 9.27. The number of ketones is 1. The summed E-state index contributed by atoms with van der Waals surface area (Å²) in [7, 11) is 0. The molecule has 4 rings (SSSR count). The molecule has 8 atom stereocenters. The molecular weight excluding hydrogens is 276 g/mol. The molecule has 3 heteroatoms. The molecule has 22 heavy (non-hydrogen) atoms. The summed E-state index contributed by atoms with van der Waals surface area (Å²) in [6.07, 6.45) is 7.01. The fourth-order valence-electron chi connectivity index (χ4n) is 7.13. The minimum atomic E-state index is -0.316. The molecule has 0 amide bonds. The molecule has 0 heterocycles. The lowest BCUT2D eigenvalue weighted by Crippen LogP contribution is -2.59. The van der Waals surface area contributed by atoms with Crippen molar-refractivity contribution >= 4 is 5.78 Å². The van der Waals surface area contributed by atoms with Crippen molar-refractivity contribution in [1.29, 1.82) is 0 Å². The molecule has 124 valence electrons. The Morgan fingerprint density at radius 1 is 1.05 bits per heavy atom. The van der Waals surface area contributed by atoms with E-state index >= 15 is 0 Å². The molecular formula is C19H30O3. The van der Waals surface area contributed by atoms with E-state index in [-0.39, 0.29) is 34.9 Å². The van der Waals surface area contributed by atoms with Crippen molar-refractivity contribution in [3.8, 4) is 0 Å². The number of Topliss-reactive ketones (excluding diaryl/α,β-unsaturated/α-hetero) is 1. The van der Waals surface area contributed by atoms with Crippen LogP contribution in [0.4, 0.5) is 0 Å². The van der Waals surface area contributed by atoms with E-state index in [1.54, 1.807) is 0 Å². The predicted octanol–water partition coefficient (Wildman–Crippen LogP) is 2.93. The third-order valence-electron chi connectivity index (χ3n) is 8.33. The second-order valence-electron chi connectivity index (χ2n) is 9.12. The highest BCUT2D eigenvalue weighted by atomic mass is 16.3. The van der Waals surface area contributed by atoms with Crippen LogP contribution in [-0.2, 0) is 4.79 Å². The monoisotopic (exact) mass is 306 g/mol. The van der Waals surface area contributed by atoms with Gasteiger partial charge in [-0.15, -0.1) is 0 Å². The maximum absolute atomic E-state index is 12.4. The lowest BCUT2D eigenvalue weighted by molar-refractivity contribution is -0.173. The Hall–Kier alpha value is -0.410. The first-order chi connectivity index (χ1) is 10.4. The zero-order valence-electron chi connectivity index (χ0n) is 13.9. The number of aliphatic hydroxyl groups excluding tert-OH is 2. The van der Waals surface area contributed by atoms with Crippen molar-refractivity contribution in [2.24, 2.45) is 34.5 Å². The first-order valence-corrected chi connectivity index (χ1v) is 9.27. The van der Waals surface area contributed by atoms with Crippen molar-refractivity contribution < 1.29 is 15.0 Å². The smallest absolute Gasteiger partial charge is 0.136 e. The lowest BCUT2D eigenvalue weighted by Gasteiger charge is -2.60. The van der Waals surface area contributed by atoms with Crippen LogP contribution < -0.4 is 0 Å². The van der Waals surface area contributed by atoms with Gasteiger partial charge in [0.2, 0.25) is 0 Å². The largest absolute Gasteiger partial charge is 0.393 e. The number of hydrogen-bond acceptors (Lipinski definition) is 3. The number of aliphatic hydroxyl groups is 2. The Balaban J connectivity index is 1.72. The summed E-state index contributed by atoms with van der Waals surface area (Å²) in [6.45, 7) is 4.50. The standard InChI is InChI=1S/C19H30O3/c1-18-8-3-4-14(20)12(18)6-5-11-13(18)10-16(22)19(2)9-7-15(21)17(11)19/h11-13,15-17,21-22H,3-10H2,1-2H3/t11-,12+,13-,15+,16-,17+,18+,19-/m1/s1. The number of carbonyl (C=O) groups is 1. The Bertz CT molecular complexity index is 489. The van der Waals surface area contributed by atoms with Crippen molar-refractivity contribution in [3.05, 3.63) is 0 Å². The Kier molecular flexibility index (Phi) is 3.30. The van der Waals surface area contributed by atoms with Gasteiger partial charge in [0.15, 0.2) is 0 Å². The van der Waals surface area contributed by atoms with Crippen LogP contribution in [0.1, 0.15) is 65.2 Å². The summed E-state index contributed by atoms with van der Waals surface area (Å²) in [5.41, 5.74) is -0.0503. The minimum Gasteiger partial charge on any atom is -0.393 e. The summed E-state index contributed by atoms with van der Waals surface area (Å²) in [4.78, 5) is 12.4. The van der Waals surface area contributed by atoms with E-state index in [1.165, 1.54) is 0 Å². The van der Waals surface area contributed by atoms with Crippen LogP contribution in [0, 0.1) is 34.5 Å². The van der Waals surface area contributed by atoms with Crippen LogP contribution in [-0.4, -0.2) is 28.2 Å². The van der Waals surface area contributed by atoms with E-state index in [0.717, 1.165) is 51.4 Å². The van der Waals surface area contributed by atoms with Gasteiger partial charge in [0.1, 0.15) is 5.78 Å². The zero-order valence-corrected chi connectivity index (χ0v) is 13.9. The van der Waals surface area contributed by atoms with E-state index in [0.29, 0.717) is 17.6 Å². The third-order valence-corrected chi connectivity index (χ3v) is 8.33. The fourth-order valence-corrected chi connectivity index (χ4v) is 7.13. The molecule has 0 aliphatic heterocycles. The molecule has 0 bridgehead atoms. The predicted molar refractivity (Wildman–Crippen MR) is 84.1 cm³/mol. The van der Waals surface area contributed by atoms with Gasteiger partial charge in [0.25, 0.3) is 0 Å². The number of carbonyl (C=O) groups excluding carboxylic acids is 1. The molecule has 4 saturated carbocycles. The van der Waals surface area contributed by atoms with E-state index in [9.17, 15) is 15.0 Å². The second-order valence-corrected chi connectivity index (χ2v) is 9.12. The first kappa shape index (κ1) is 15.1. The second kappa shape index (κ2) is 4.80. The molecule has 2 N–H and O–H groups in total. The molecule has 4 aliphatic rings. The van der Waals surface area contributed by atoms with Crippen LogP contribution in [0.2, 0.25) is 0 Å². The highest BCUT2D eigenvalue weighted by Crippen LogP contribution is 2.65.